The molecule has 134 valence electrons. The fourth-order valence-electron chi connectivity index (χ4n) is 2.97. The van der Waals surface area contributed by atoms with Crippen molar-refractivity contribution in [3.63, 3.8) is 0 Å². The Morgan fingerprint density at radius 3 is 2.68 bits per heavy atom. The molecule has 0 saturated carbocycles. The van der Waals surface area contributed by atoms with Crippen LogP contribution in [0.15, 0.2) is 53.4 Å². The first-order chi connectivity index (χ1) is 12.0. The first-order valence-electron chi connectivity index (χ1n) is 8.12. The van der Waals surface area contributed by atoms with Crippen molar-refractivity contribution in [2.24, 2.45) is 5.92 Å². The van der Waals surface area contributed by atoms with Gasteiger partial charge in [-0.15, -0.1) is 0 Å². The minimum absolute atomic E-state index is 0.199. The van der Waals surface area contributed by atoms with Gasteiger partial charge in [-0.1, -0.05) is 17.7 Å². The van der Waals surface area contributed by atoms with Crippen LogP contribution in [0.1, 0.15) is 6.42 Å². The van der Waals surface area contributed by atoms with Crippen molar-refractivity contribution < 1.29 is 13.2 Å². The maximum absolute atomic E-state index is 12.4. The zero-order valence-corrected chi connectivity index (χ0v) is 15.6. The highest BCUT2D eigenvalue weighted by molar-refractivity contribution is 7.89. The van der Waals surface area contributed by atoms with Crippen LogP contribution in [0.4, 0.5) is 5.69 Å². The SMILES string of the molecule is COc1ccc(N2CCC(CNS(=O)(=O)c3cccc(Cl)c3)C2)cc1. The van der Waals surface area contributed by atoms with Crippen LogP contribution in [0.3, 0.4) is 0 Å². The monoisotopic (exact) mass is 380 g/mol. The van der Waals surface area contributed by atoms with Crippen molar-refractivity contribution in [2.45, 2.75) is 11.3 Å². The molecular formula is C18H21ClN2O3S. The van der Waals surface area contributed by atoms with E-state index < -0.39 is 10.0 Å². The molecule has 1 aliphatic heterocycles. The number of rotatable bonds is 6. The number of sulfonamides is 1. The van der Waals surface area contributed by atoms with Crippen LogP contribution in [0.5, 0.6) is 5.75 Å². The standard InChI is InChI=1S/C18H21ClN2O3S/c1-24-17-7-5-16(6-8-17)21-10-9-14(13-21)12-20-25(22,23)18-4-2-3-15(19)11-18/h2-8,11,14,20H,9-10,12-13H2,1H3. The quantitative estimate of drug-likeness (QED) is 0.836. The van der Waals surface area contributed by atoms with E-state index in [-0.39, 0.29) is 10.8 Å². The summed E-state index contributed by atoms with van der Waals surface area (Å²) in [5.74, 6) is 1.10. The van der Waals surface area contributed by atoms with Gasteiger partial charge in [-0.25, -0.2) is 13.1 Å². The third-order valence-corrected chi connectivity index (χ3v) is 6.05. The summed E-state index contributed by atoms with van der Waals surface area (Å²) in [5, 5.41) is 0.412. The molecule has 2 aromatic rings. The van der Waals surface area contributed by atoms with Gasteiger partial charge in [-0.3, -0.25) is 0 Å². The van der Waals surface area contributed by atoms with Crippen LogP contribution in [0.2, 0.25) is 5.02 Å². The van der Waals surface area contributed by atoms with E-state index in [0.717, 1.165) is 30.9 Å². The Balaban J connectivity index is 1.58. The molecule has 1 fully saturated rings. The highest BCUT2D eigenvalue weighted by Crippen LogP contribution is 2.26. The molecule has 1 atom stereocenters. The van der Waals surface area contributed by atoms with E-state index in [1.54, 1.807) is 25.3 Å². The van der Waals surface area contributed by atoms with E-state index in [1.165, 1.54) is 6.07 Å². The third-order valence-electron chi connectivity index (χ3n) is 4.39. The van der Waals surface area contributed by atoms with Crippen molar-refractivity contribution >= 4 is 27.3 Å². The lowest BCUT2D eigenvalue weighted by atomic mass is 10.1. The Kier molecular flexibility index (Phi) is 5.51. The Labute approximate surface area is 153 Å². The second-order valence-corrected chi connectivity index (χ2v) is 8.31. The van der Waals surface area contributed by atoms with Crippen LogP contribution in [-0.4, -0.2) is 35.2 Å². The smallest absolute Gasteiger partial charge is 0.240 e. The van der Waals surface area contributed by atoms with Gasteiger partial charge in [0.25, 0.3) is 0 Å². The normalized spacial score (nSPS) is 17.7. The molecule has 0 amide bonds. The molecule has 2 aromatic carbocycles. The maximum atomic E-state index is 12.4. The van der Waals surface area contributed by atoms with Gasteiger partial charge in [-0.2, -0.15) is 0 Å². The van der Waals surface area contributed by atoms with E-state index in [0.29, 0.717) is 11.6 Å². The van der Waals surface area contributed by atoms with Gasteiger partial charge in [-0.05, 0) is 54.8 Å². The molecule has 1 N–H and O–H groups in total. The van der Waals surface area contributed by atoms with Crippen molar-refractivity contribution in [1.29, 1.82) is 0 Å². The topological polar surface area (TPSA) is 58.6 Å². The molecular weight excluding hydrogens is 360 g/mol. The molecule has 0 bridgehead atoms. The zero-order chi connectivity index (χ0) is 17.9. The fourth-order valence-corrected chi connectivity index (χ4v) is 4.39. The van der Waals surface area contributed by atoms with Gasteiger partial charge in [0.15, 0.2) is 0 Å². The second-order valence-electron chi connectivity index (χ2n) is 6.11. The average molecular weight is 381 g/mol. The van der Waals surface area contributed by atoms with Crippen LogP contribution in [0, 0.1) is 5.92 Å². The van der Waals surface area contributed by atoms with Gasteiger partial charge in [0.05, 0.1) is 12.0 Å². The zero-order valence-electron chi connectivity index (χ0n) is 14.0. The number of halogens is 1. The van der Waals surface area contributed by atoms with Gasteiger partial charge in [0.2, 0.25) is 10.0 Å². The highest BCUT2D eigenvalue weighted by Gasteiger charge is 2.25. The lowest BCUT2D eigenvalue weighted by molar-refractivity contribution is 0.415. The summed E-state index contributed by atoms with van der Waals surface area (Å²) in [4.78, 5) is 2.46. The summed E-state index contributed by atoms with van der Waals surface area (Å²) in [6.45, 7) is 2.15. The Hall–Kier alpha value is -1.76. The molecule has 1 aliphatic rings. The summed E-state index contributed by atoms with van der Waals surface area (Å²) in [6.07, 6.45) is 0.949. The number of ether oxygens (including phenoxy) is 1. The summed E-state index contributed by atoms with van der Waals surface area (Å²) < 4.78 is 32.6. The minimum atomic E-state index is -3.53. The number of hydrogen-bond acceptors (Lipinski definition) is 4. The largest absolute Gasteiger partial charge is 0.497 e. The number of nitrogens with zero attached hydrogens (tertiary/aromatic N) is 1. The lowest BCUT2D eigenvalue weighted by Crippen LogP contribution is -2.31. The van der Waals surface area contributed by atoms with E-state index >= 15 is 0 Å². The summed E-state index contributed by atoms with van der Waals surface area (Å²) in [6, 6.07) is 14.2. The first kappa shape index (κ1) is 18.0. The molecule has 0 radical (unpaired) electrons. The summed E-state index contributed by atoms with van der Waals surface area (Å²) >= 11 is 5.88. The summed E-state index contributed by atoms with van der Waals surface area (Å²) in [5.41, 5.74) is 1.13. The van der Waals surface area contributed by atoms with E-state index in [9.17, 15) is 8.42 Å². The van der Waals surface area contributed by atoms with Gasteiger partial charge in [0.1, 0.15) is 5.75 Å². The van der Waals surface area contributed by atoms with Gasteiger partial charge >= 0.3 is 0 Å². The third kappa shape index (κ3) is 4.45. The van der Waals surface area contributed by atoms with Crippen molar-refractivity contribution in [3.8, 4) is 5.75 Å². The highest BCUT2D eigenvalue weighted by atomic mass is 35.5. The van der Waals surface area contributed by atoms with Crippen LogP contribution in [0.25, 0.3) is 0 Å². The number of benzene rings is 2. The average Bonchev–Trinajstić information content (AvgIpc) is 3.09. The number of nitrogens with one attached hydrogen (secondary N) is 1. The molecule has 0 spiro atoms. The molecule has 1 heterocycles. The molecule has 1 unspecified atom stereocenters. The Bertz CT molecular complexity index is 824. The van der Waals surface area contributed by atoms with Crippen LogP contribution < -0.4 is 14.4 Å². The van der Waals surface area contributed by atoms with E-state index in [1.807, 2.05) is 24.3 Å². The molecule has 5 nitrogen and oxygen atoms in total. The fraction of sp³-hybridized carbons (Fsp3) is 0.333. The number of methoxy groups -OCH3 is 1. The molecule has 0 aromatic heterocycles. The predicted octanol–water partition coefficient (Wildman–Crippen LogP) is 3.15. The van der Waals surface area contributed by atoms with Gasteiger partial charge < -0.3 is 9.64 Å². The predicted molar refractivity (Wildman–Crippen MR) is 100.0 cm³/mol. The Morgan fingerprint density at radius 2 is 2.00 bits per heavy atom. The van der Waals surface area contributed by atoms with Crippen LogP contribution in [-0.2, 0) is 10.0 Å². The van der Waals surface area contributed by atoms with Crippen molar-refractivity contribution in [2.75, 3.05) is 31.6 Å². The molecule has 7 heteroatoms. The molecule has 25 heavy (non-hydrogen) atoms. The second kappa shape index (κ2) is 7.64. The van der Waals surface area contributed by atoms with Crippen LogP contribution >= 0.6 is 11.6 Å². The van der Waals surface area contributed by atoms with Gasteiger partial charge in [0, 0.05) is 30.3 Å². The maximum Gasteiger partial charge on any atom is 0.240 e. The minimum Gasteiger partial charge on any atom is -0.497 e. The first-order valence-corrected chi connectivity index (χ1v) is 9.98. The number of hydrogen-bond donors (Lipinski definition) is 1. The van der Waals surface area contributed by atoms with E-state index in [2.05, 4.69) is 9.62 Å². The van der Waals surface area contributed by atoms with Crippen molar-refractivity contribution in [1.82, 2.24) is 4.72 Å². The number of anilines is 1. The molecule has 3 rings (SSSR count). The molecule has 0 aliphatic carbocycles. The molecule has 1 saturated heterocycles. The Morgan fingerprint density at radius 1 is 1.24 bits per heavy atom. The summed E-state index contributed by atoms with van der Waals surface area (Å²) in [7, 11) is -1.89. The van der Waals surface area contributed by atoms with Crippen molar-refractivity contribution in [3.05, 3.63) is 53.6 Å². The lowest BCUT2D eigenvalue weighted by Gasteiger charge is -2.19. The van der Waals surface area contributed by atoms with E-state index in [4.69, 9.17) is 16.3 Å².